The number of nitrogens with zero attached hydrogens (tertiary/aromatic N) is 3. The number of rotatable bonds is 6. The van der Waals surface area contributed by atoms with Gasteiger partial charge in [0, 0.05) is 31.3 Å². The molecule has 0 spiro atoms. The molecule has 0 bridgehead atoms. The first-order chi connectivity index (χ1) is 15.3. The third-order valence-electron chi connectivity index (χ3n) is 5.70. The Labute approximate surface area is 195 Å². The lowest BCUT2D eigenvalue weighted by atomic mass is 10.2. The molecule has 0 aliphatic carbocycles. The van der Waals surface area contributed by atoms with E-state index in [1.165, 1.54) is 0 Å². The van der Waals surface area contributed by atoms with Crippen LogP contribution in [0.15, 0.2) is 44.0 Å². The normalized spacial score (nSPS) is 14.1. The standard InChI is InChI=1S/C23H26BrN3O4Si/c1-32(2,3)10-9-29-14-27-18-11-15(5-6-19(18)31-23(27)28)22-25-17-12-16(24)13-20-21(17)26(22)7-4-8-30-20/h5-6,11-13H,4,7-10,14H2,1-3H3. The molecule has 2 aromatic carbocycles. The maximum absolute atomic E-state index is 12.5. The van der Waals surface area contributed by atoms with E-state index in [0.29, 0.717) is 24.3 Å². The van der Waals surface area contributed by atoms with Gasteiger partial charge in [-0.15, -0.1) is 0 Å². The Kier molecular flexibility index (Phi) is 5.51. The molecule has 0 saturated carbocycles. The van der Waals surface area contributed by atoms with E-state index in [1.807, 2.05) is 30.3 Å². The third-order valence-corrected chi connectivity index (χ3v) is 7.86. The van der Waals surface area contributed by atoms with Gasteiger partial charge in [0.25, 0.3) is 0 Å². The van der Waals surface area contributed by atoms with E-state index in [9.17, 15) is 4.79 Å². The van der Waals surface area contributed by atoms with Crippen LogP contribution >= 0.6 is 15.9 Å². The monoisotopic (exact) mass is 515 g/mol. The Hall–Kier alpha value is -2.36. The molecule has 0 fully saturated rings. The minimum atomic E-state index is -1.19. The fourth-order valence-electron chi connectivity index (χ4n) is 4.01. The highest BCUT2D eigenvalue weighted by Crippen LogP contribution is 2.36. The second-order valence-electron chi connectivity index (χ2n) is 9.39. The Morgan fingerprint density at radius 1 is 1.22 bits per heavy atom. The summed E-state index contributed by atoms with van der Waals surface area (Å²) in [5.41, 5.74) is 4.07. The van der Waals surface area contributed by atoms with E-state index >= 15 is 0 Å². The predicted molar refractivity (Wildman–Crippen MR) is 131 cm³/mol. The predicted octanol–water partition coefficient (Wildman–Crippen LogP) is 5.47. The Morgan fingerprint density at radius 2 is 2.06 bits per heavy atom. The summed E-state index contributed by atoms with van der Waals surface area (Å²) in [6, 6.07) is 10.8. The number of imidazole rings is 1. The number of aromatic nitrogens is 3. The lowest BCUT2D eigenvalue weighted by Crippen LogP contribution is -2.23. The summed E-state index contributed by atoms with van der Waals surface area (Å²) in [5, 5.41) is 0. The number of fused-ring (bicyclic) bond motifs is 1. The molecule has 5 rings (SSSR count). The summed E-state index contributed by atoms with van der Waals surface area (Å²) < 4.78 is 21.9. The van der Waals surface area contributed by atoms with Gasteiger partial charge in [0.2, 0.25) is 0 Å². The molecular formula is C23H26BrN3O4Si. The van der Waals surface area contributed by atoms with Crippen molar-refractivity contribution in [2.45, 2.75) is 45.4 Å². The third kappa shape index (κ3) is 4.04. The van der Waals surface area contributed by atoms with E-state index < -0.39 is 13.8 Å². The molecule has 1 aliphatic heterocycles. The number of ether oxygens (including phenoxy) is 2. The molecule has 0 atom stereocenters. The summed E-state index contributed by atoms with van der Waals surface area (Å²) >= 11 is 3.56. The highest BCUT2D eigenvalue weighted by Gasteiger charge is 2.21. The van der Waals surface area contributed by atoms with Crippen LogP contribution in [0.3, 0.4) is 0 Å². The molecule has 32 heavy (non-hydrogen) atoms. The molecule has 2 aromatic heterocycles. The van der Waals surface area contributed by atoms with Crippen LogP contribution in [-0.4, -0.2) is 35.4 Å². The molecule has 0 amide bonds. The molecule has 7 nitrogen and oxygen atoms in total. The van der Waals surface area contributed by atoms with Gasteiger partial charge in [0.15, 0.2) is 5.58 Å². The SMILES string of the molecule is C[Si](C)(C)CCOCn1c(=O)oc2ccc(-c3nc4cc(Br)cc5c4n3CCCO5)cc21. The van der Waals surface area contributed by atoms with Gasteiger partial charge in [0.05, 0.1) is 17.6 Å². The van der Waals surface area contributed by atoms with Crippen molar-refractivity contribution < 1.29 is 13.9 Å². The van der Waals surface area contributed by atoms with Crippen LogP contribution in [0.5, 0.6) is 5.75 Å². The first-order valence-electron chi connectivity index (χ1n) is 10.8. The van der Waals surface area contributed by atoms with Crippen molar-refractivity contribution in [3.63, 3.8) is 0 Å². The van der Waals surface area contributed by atoms with Gasteiger partial charge in [-0.1, -0.05) is 35.6 Å². The Balaban J connectivity index is 1.55. The van der Waals surface area contributed by atoms with Crippen LogP contribution < -0.4 is 10.5 Å². The zero-order valence-electron chi connectivity index (χ0n) is 18.5. The first-order valence-corrected chi connectivity index (χ1v) is 15.3. The number of halogens is 1. The topological polar surface area (TPSA) is 71.4 Å². The minimum absolute atomic E-state index is 0.182. The van der Waals surface area contributed by atoms with E-state index in [-0.39, 0.29) is 6.73 Å². The van der Waals surface area contributed by atoms with Crippen molar-refractivity contribution in [1.29, 1.82) is 0 Å². The van der Waals surface area contributed by atoms with Crippen LogP contribution in [0, 0.1) is 0 Å². The van der Waals surface area contributed by atoms with Gasteiger partial charge in [-0.3, -0.25) is 0 Å². The number of benzene rings is 2. The van der Waals surface area contributed by atoms with Gasteiger partial charge in [-0.25, -0.2) is 14.3 Å². The molecule has 1 aliphatic rings. The van der Waals surface area contributed by atoms with E-state index in [1.54, 1.807) is 4.57 Å². The zero-order chi connectivity index (χ0) is 22.5. The largest absolute Gasteiger partial charge is 0.491 e. The molecule has 0 radical (unpaired) electrons. The fraction of sp³-hybridized carbons (Fsp3) is 0.391. The molecular weight excluding hydrogens is 490 g/mol. The van der Waals surface area contributed by atoms with Crippen molar-refractivity contribution in [3.05, 3.63) is 45.4 Å². The summed E-state index contributed by atoms with van der Waals surface area (Å²) in [6.07, 6.45) is 0.897. The van der Waals surface area contributed by atoms with E-state index in [0.717, 1.165) is 51.7 Å². The summed E-state index contributed by atoms with van der Waals surface area (Å²) in [4.78, 5) is 17.4. The second kappa shape index (κ2) is 8.20. The quantitative estimate of drug-likeness (QED) is 0.251. The summed E-state index contributed by atoms with van der Waals surface area (Å²) in [5.74, 6) is 1.28. The average Bonchev–Trinajstić information content (AvgIpc) is 3.15. The number of hydrogen-bond donors (Lipinski definition) is 0. The number of oxazole rings is 1. The zero-order valence-corrected chi connectivity index (χ0v) is 21.1. The van der Waals surface area contributed by atoms with Crippen LogP contribution in [-0.2, 0) is 18.0 Å². The molecule has 4 aromatic rings. The lowest BCUT2D eigenvalue weighted by Gasteiger charge is -2.15. The Bertz CT molecular complexity index is 1370. The summed E-state index contributed by atoms with van der Waals surface area (Å²) in [6.45, 7) is 9.22. The van der Waals surface area contributed by atoms with Crippen LogP contribution in [0.1, 0.15) is 6.42 Å². The molecule has 168 valence electrons. The van der Waals surface area contributed by atoms with E-state index in [4.69, 9.17) is 18.9 Å². The van der Waals surface area contributed by atoms with Crippen LogP contribution in [0.25, 0.3) is 33.5 Å². The molecule has 0 saturated heterocycles. The molecule has 3 heterocycles. The molecule has 9 heteroatoms. The van der Waals surface area contributed by atoms with Crippen LogP contribution in [0.2, 0.25) is 25.7 Å². The van der Waals surface area contributed by atoms with E-state index in [2.05, 4.69) is 40.1 Å². The van der Waals surface area contributed by atoms with Crippen molar-refractivity contribution in [3.8, 4) is 17.1 Å². The lowest BCUT2D eigenvalue weighted by molar-refractivity contribution is 0.0850. The smallest absolute Gasteiger partial charge is 0.421 e. The Morgan fingerprint density at radius 3 is 2.88 bits per heavy atom. The van der Waals surface area contributed by atoms with Gasteiger partial charge in [-0.2, -0.15) is 0 Å². The second-order valence-corrected chi connectivity index (χ2v) is 15.9. The van der Waals surface area contributed by atoms with Crippen molar-refractivity contribution in [1.82, 2.24) is 14.1 Å². The highest BCUT2D eigenvalue weighted by molar-refractivity contribution is 9.10. The summed E-state index contributed by atoms with van der Waals surface area (Å²) in [7, 11) is -1.19. The van der Waals surface area contributed by atoms with Gasteiger partial charge < -0.3 is 18.5 Å². The average molecular weight is 516 g/mol. The van der Waals surface area contributed by atoms with Gasteiger partial charge in [0.1, 0.15) is 23.8 Å². The van der Waals surface area contributed by atoms with Crippen molar-refractivity contribution in [2.24, 2.45) is 0 Å². The maximum Gasteiger partial charge on any atom is 0.421 e. The number of hydrogen-bond acceptors (Lipinski definition) is 5. The first kappa shape index (κ1) is 21.5. The minimum Gasteiger partial charge on any atom is -0.491 e. The molecule has 0 unspecified atom stereocenters. The fourth-order valence-corrected chi connectivity index (χ4v) is 5.19. The van der Waals surface area contributed by atoms with Crippen molar-refractivity contribution >= 4 is 46.1 Å². The maximum atomic E-state index is 12.5. The van der Waals surface area contributed by atoms with Crippen molar-refractivity contribution in [2.75, 3.05) is 13.2 Å². The number of aryl methyl sites for hydroxylation is 1. The van der Waals surface area contributed by atoms with Gasteiger partial charge in [-0.05, 0) is 42.8 Å². The molecule has 0 N–H and O–H groups in total. The van der Waals surface area contributed by atoms with Crippen LogP contribution in [0.4, 0.5) is 0 Å². The van der Waals surface area contributed by atoms with Gasteiger partial charge >= 0.3 is 5.76 Å². The highest BCUT2D eigenvalue weighted by atomic mass is 79.9.